The van der Waals surface area contributed by atoms with Crippen LogP contribution < -0.4 is 14.2 Å². The molecule has 0 radical (unpaired) electrons. The molecule has 1 aromatic carbocycles. The molecule has 0 heterocycles. The SMILES string of the molecule is COc1cc(OC)c([C@@H]2C=CC(=[N+](C)C)CC2)c(OC)c1. The van der Waals surface area contributed by atoms with Crippen LogP contribution in [0.2, 0.25) is 0 Å². The summed E-state index contributed by atoms with van der Waals surface area (Å²) in [4.78, 5) is 0. The summed E-state index contributed by atoms with van der Waals surface area (Å²) >= 11 is 0. The Morgan fingerprint density at radius 3 is 2.00 bits per heavy atom. The average molecular weight is 290 g/mol. The van der Waals surface area contributed by atoms with Gasteiger partial charge in [0.25, 0.3) is 0 Å². The number of rotatable bonds is 4. The number of hydrogen-bond donors (Lipinski definition) is 0. The van der Waals surface area contributed by atoms with Gasteiger partial charge < -0.3 is 14.2 Å². The van der Waals surface area contributed by atoms with Gasteiger partial charge in [-0.2, -0.15) is 0 Å². The molecular weight excluding hydrogens is 266 g/mol. The number of hydrogen-bond acceptors (Lipinski definition) is 3. The van der Waals surface area contributed by atoms with Crippen LogP contribution in [-0.4, -0.2) is 45.7 Å². The lowest BCUT2D eigenvalue weighted by molar-refractivity contribution is -0.465. The van der Waals surface area contributed by atoms with E-state index < -0.39 is 0 Å². The van der Waals surface area contributed by atoms with Gasteiger partial charge in [0, 0.05) is 36.1 Å². The van der Waals surface area contributed by atoms with Gasteiger partial charge in [-0.1, -0.05) is 6.08 Å². The summed E-state index contributed by atoms with van der Waals surface area (Å²) in [5, 5.41) is 0. The summed E-state index contributed by atoms with van der Waals surface area (Å²) in [6.45, 7) is 0. The number of methoxy groups -OCH3 is 3. The van der Waals surface area contributed by atoms with Crippen molar-refractivity contribution in [3.05, 3.63) is 29.8 Å². The highest BCUT2D eigenvalue weighted by Crippen LogP contribution is 2.42. The van der Waals surface area contributed by atoms with E-state index in [4.69, 9.17) is 14.2 Å². The van der Waals surface area contributed by atoms with Gasteiger partial charge in [0.2, 0.25) is 0 Å². The van der Waals surface area contributed by atoms with Gasteiger partial charge in [0.05, 0.1) is 21.3 Å². The third-order valence-corrected chi connectivity index (χ3v) is 3.93. The minimum absolute atomic E-state index is 0.296. The van der Waals surface area contributed by atoms with Crippen LogP contribution in [0, 0.1) is 0 Å². The van der Waals surface area contributed by atoms with E-state index in [0.717, 1.165) is 35.7 Å². The summed E-state index contributed by atoms with van der Waals surface area (Å²) in [6.07, 6.45) is 6.51. The Morgan fingerprint density at radius 2 is 1.62 bits per heavy atom. The van der Waals surface area contributed by atoms with Gasteiger partial charge in [-0.3, -0.25) is 0 Å². The highest BCUT2D eigenvalue weighted by molar-refractivity contribution is 5.91. The van der Waals surface area contributed by atoms with Crippen LogP contribution in [0.3, 0.4) is 0 Å². The van der Waals surface area contributed by atoms with E-state index in [2.05, 4.69) is 30.8 Å². The Kier molecular flexibility index (Phi) is 4.89. The fourth-order valence-corrected chi connectivity index (χ4v) is 2.72. The molecule has 0 saturated heterocycles. The second-order valence-corrected chi connectivity index (χ2v) is 5.34. The second-order valence-electron chi connectivity index (χ2n) is 5.34. The van der Waals surface area contributed by atoms with E-state index in [1.54, 1.807) is 21.3 Å². The molecule has 0 unspecified atom stereocenters. The minimum Gasteiger partial charge on any atom is -0.496 e. The molecule has 4 heteroatoms. The van der Waals surface area contributed by atoms with Crippen LogP contribution in [-0.2, 0) is 0 Å². The molecule has 1 aliphatic rings. The lowest BCUT2D eigenvalue weighted by Gasteiger charge is -2.22. The lowest BCUT2D eigenvalue weighted by Crippen LogP contribution is -2.16. The van der Waals surface area contributed by atoms with Crippen molar-refractivity contribution in [1.29, 1.82) is 0 Å². The van der Waals surface area contributed by atoms with Gasteiger partial charge in [0.1, 0.15) is 31.3 Å². The number of allylic oxidation sites excluding steroid dienone is 2. The van der Waals surface area contributed by atoms with Crippen molar-refractivity contribution in [2.24, 2.45) is 0 Å². The van der Waals surface area contributed by atoms with Crippen molar-refractivity contribution >= 4 is 5.71 Å². The molecule has 4 nitrogen and oxygen atoms in total. The fraction of sp³-hybridized carbons (Fsp3) is 0.471. The molecule has 2 rings (SSSR count). The van der Waals surface area contributed by atoms with E-state index in [0.29, 0.717) is 5.92 Å². The lowest BCUT2D eigenvalue weighted by atomic mass is 9.87. The minimum atomic E-state index is 0.296. The van der Waals surface area contributed by atoms with Crippen LogP contribution in [0.1, 0.15) is 24.3 Å². The molecule has 0 aromatic heterocycles. The number of ether oxygens (including phenoxy) is 3. The van der Waals surface area contributed by atoms with Crippen molar-refractivity contribution in [3.8, 4) is 17.2 Å². The van der Waals surface area contributed by atoms with Crippen LogP contribution in [0.5, 0.6) is 17.2 Å². The first-order valence-corrected chi connectivity index (χ1v) is 7.12. The first-order chi connectivity index (χ1) is 10.1. The van der Waals surface area contributed by atoms with Crippen LogP contribution in [0.15, 0.2) is 24.3 Å². The zero-order chi connectivity index (χ0) is 15.4. The Balaban J connectivity index is 2.44. The van der Waals surface area contributed by atoms with E-state index in [1.165, 1.54) is 5.71 Å². The number of nitrogens with zero attached hydrogens (tertiary/aromatic N) is 1. The van der Waals surface area contributed by atoms with Crippen molar-refractivity contribution in [2.45, 2.75) is 18.8 Å². The summed E-state index contributed by atoms with van der Waals surface area (Å²) in [5.41, 5.74) is 2.44. The maximum atomic E-state index is 5.55. The van der Waals surface area contributed by atoms with E-state index in [9.17, 15) is 0 Å². The van der Waals surface area contributed by atoms with Crippen LogP contribution >= 0.6 is 0 Å². The molecule has 1 aromatic rings. The molecule has 0 saturated carbocycles. The first kappa shape index (κ1) is 15.4. The third kappa shape index (κ3) is 3.20. The Labute approximate surface area is 126 Å². The third-order valence-electron chi connectivity index (χ3n) is 3.93. The topological polar surface area (TPSA) is 30.7 Å². The molecule has 114 valence electrons. The molecule has 0 fully saturated rings. The molecule has 0 bridgehead atoms. The quantitative estimate of drug-likeness (QED) is 0.799. The molecule has 1 aliphatic carbocycles. The van der Waals surface area contributed by atoms with Gasteiger partial charge in [-0.05, 0) is 6.42 Å². The smallest absolute Gasteiger partial charge is 0.175 e. The second kappa shape index (κ2) is 6.66. The number of benzene rings is 1. The fourth-order valence-electron chi connectivity index (χ4n) is 2.72. The summed E-state index contributed by atoms with van der Waals surface area (Å²) in [5.74, 6) is 2.67. The Hall–Kier alpha value is -1.97. The normalized spacial score (nSPS) is 17.6. The Morgan fingerprint density at radius 1 is 1.00 bits per heavy atom. The molecule has 0 spiro atoms. The zero-order valence-electron chi connectivity index (χ0n) is 13.5. The van der Waals surface area contributed by atoms with Gasteiger partial charge in [0.15, 0.2) is 5.71 Å². The maximum absolute atomic E-state index is 5.55. The highest BCUT2D eigenvalue weighted by atomic mass is 16.5. The Bertz CT molecular complexity index is 546. The summed E-state index contributed by atoms with van der Waals surface area (Å²) < 4.78 is 18.6. The predicted molar refractivity (Wildman–Crippen MR) is 84.3 cm³/mol. The zero-order valence-corrected chi connectivity index (χ0v) is 13.5. The van der Waals surface area contributed by atoms with E-state index in [-0.39, 0.29) is 0 Å². The highest BCUT2D eigenvalue weighted by Gasteiger charge is 2.24. The monoisotopic (exact) mass is 290 g/mol. The average Bonchev–Trinajstić information content (AvgIpc) is 2.53. The maximum Gasteiger partial charge on any atom is 0.175 e. The van der Waals surface area contributed by atoms with Crippen LogP contribution in [0.4, 0.5) is 0 Å². The van der Waals surface area contributed by atoms with Gasteiger partial charge in [-0.15, -0.1) is 0 Å². The van der Waals surface area contributed by atoms with Crippen molar-refractivity contribution < 1.29 is 18.8 Å². The van der Waals surface area contributed by atoms with Crippen molar-refractivity contribution in [3.63, 3.8) is 0 Å². The van der Waals surface area contributed by atoms with Crippen molar-refractivity contribution in [1.82, 2.24) is 0 Å². The molecule has 1 atom stereocenters. The largest absolute Gasteiger partial charge is 0.496 e. The van der Waals surface area contributed by atoms with Gasteiger partial charge in [-0.25, -0.2) is 4.58 Å². The molecule has 21 heavy (non-hydrogen) atoms. The molecular formula is C17H24NO3+. The van der Waals surface area contributed by atoms with E-state index >= 15 is 0 Å². The molecule has 0 N–H and O–H groups in total. The van der Waals surface area contributed by atoms with Gasteiger partial charge >= 0.3 is 0 Å². The van der Waals surface area contributed by atoms with Crippen molar-refractivity contribution in [2.75, 3.05) is 35.4 Å². The standard InChI is InChI=1S/C17H24NO3/c1-18(2)13-8-6-12(7-9-13)17-15(20-4)10-14(19-3)11-16(17)21-5/h6,8,10-12H,7,9H2,1-5H3/q+1/t12-/m1/s1. The van der Waals surface area contributed by atoms with E-state index in [1.807, 2.05) is 12.1 Å². The summed E-state index contributed by atoms with van der Waals surface area (Å²) in [6, 6.07) is 3.83. The molecule has 0 amide bonds. The molecule has 0 aliphatic heterocycles. The van der Waals surface area contributed by atoms with Crippen LogP contribution in [0.25, 0.3) is 0 Å². The summed E-state index contributed by atoms with van der Waals surface area (Å²) in [7, 11) is 9.17. The first-order valence-electron chi connectivity index (χ1n) is 7.12. The predicted octanol–water partition coefficient (Wildman–Crippen LogP) is 2.86.